The van der Waals surface area contributed by atoms with E-state index in [1.165, 1.54) is 25.7 Å². The molecule has 0 bridgehead atoms. The number of benzene rings is 1. The van der Waals surface area contributed by atoms with E-state index in [1.54, 1.807) is 12.1 Å². The van der Waals surface area contributed by atoms with Gasteiger partial charge >= 0.3 is 0 Å². The molecule has 2 aliphatic heterocycles. The van der Waals surface area contributed by atoms with E-state index in [0.717, 1.165) is 13.0 Å². The summed E-state index contributed by atoms with van der Waals surface area (Å²) in [7, 11) is -3.70. The van der Waals surface area contributed by atoms with Crippen molar-refractivity contribution >= 4 is 26.7 Å². The number of hydrogen-bond donors (Lipinski definition) is 0. The van der Waals surface area contributed by atoms with E-state index in [1.807, 2.05) is 34.9 Å². The second-order valence-corrected chi connectivity index (χ2v) is 9.83. The minimum atomic E-state index is -3.70. The van der Waals surface area contributed by atoms with Crippen LogP contribution in [0.15, 0.2) is 40.3 Å². The molecule has 0 atom stereocenters. The molecule has 3 aliphatic rings. The Morgan fingerprint density at radius 2 is 1.76 bits per heavy atom. The van der Waals surface area contributed by atoms with Gasteiger partial charge in [-0.3, -0.25) is 4.79 Å². The van der Waals surface area contributed by atoms with Crippen LogP contribution in [0.4, 0.5) is 0 Å². The molecule has 0 radical (unpaired) electrons. The van der Waals surface area contributed by atoms with Crippen molar-refractivity contribution < 1.29 is 13.2 Å². The number of rotatable bonds is 3. The fraction of sp³-hybridized carbons (Fsp3) is 0.545. The van der Waals surface area contributed by atoms with Gasteiger partial charge in [-0.1, -0.05) is 43.2 Å². The van der Waals surface area contributed by atoms with Crippen LogP contribution >= 0.6 is 0 Å². The van der Waals surface area contributed by atoms with E-state index >= 15 is 0 Å². The van der Waals surface area contributed by atoms with Crippen molar-refractivity contribution in [1.29, 1.82) is 0 Å². The van der Waals surface area contributed by atoms with Crippen molar-refractivity contribution in [2.45, 2.75) is 45.4 Å². The molecule has 1 saturated heterocycles. The topological polar surface area (TPSA) is 70.1 Å². The summed E-state index contributed by atoms with van der Waals surface area (Å²) in [5.74, 6) is 1.33. The van der Waals surface area contributed by atoms with E-state index in [4.69, 9.17) is 0 Å². The second kappa shape index (κ2) is 8.30. The SMILES string of the molecule is CC1=C(c2ccccc2)S(=O)(=O)N=C1N1CCCN(C(=O)CC2CCCC2)CC1. The molecule has 0 N–H and O–H groups in total. The summed E-state index contributed by atoms with van der Waals surface area (Å²) in [5.41, 5.74) is 1.37. The van der Waals surface area contributed by atoms with Crippen molar-refractivity contribution in [3.63, 3.8) is 0 Å². The molecular weight excluding hydrogens is 386 g/mol. The third-order valence-electron chi connectivity index (χ3n) is 6.26. The van der Waals surface area contributed by atoms with Gasteiger partial charge in [0, 0.05) is 38.2 Å². The monoisotopic (exact) mass is 415 g/mol. The van der Waals surface area contributed by atoms with Gasteiger partial charge in [-0.2, -0.15) is 8.42 Å². The summed E-state index contributed by atoms with van der Waals surface area (Å²) in [6.07, 6.45) is 6.32. The molecule has 7 heteroatoms. The normalized spacial score (nSPS) is 22.7. The van der Waals surface area contributed by atoms with Crippen LogP contribution in [0.25, 0.3) is 4.91 Å². The predicted octanol–water partition coefficient (Wildman–Crippen LogP) is 3.27. The van der Waals surface area contributed by atoms with Crippen LogP contribution in [0.3, 0.4) is 0 Å². The van der Waals surface area contributed by atoms with E-state index < -0.39 is 10.0 Å². The molecule has 2 heterocycles. The number of sulfonamides is 1. The number of amides is 1. The molecule has 0 aromatic heterocycles. The van der Waals surface area contributed by atoms with Gasteiger partial charge in [0.15, 0.2) is 0 Å². The number of carbonyl (C=O) groups excluding carboxylic acids is 1. The van der Waals surface area contributed by atoms with Crippen molar-refractivity contribution in [2.75, 3.05) is 26.2 Å². The zero-order chi connectivity index (χ0) is 20.4. The van der Waals surface area contributed by atoms with E-state index in [9.17, 15) is 13.2 Å². The zero-order valence-electron chi connectivity index (χ0n) is 17.0. The van der Waals surface area contributed by atoms with E-state index in [2.05, 4.69) is 4.40 Å². The minimum absolute atomic E-state index is 0.247. The first-order chi connectivity index (χ1) is 14.0. The molecule has 1 amide bonds. The van der Waals surface area contributed by atoms with Crippen LogP contribution < -0.4 is 0 Å². The van der Waals surface area contributed by atoms with Crippen LogP contribution in [-0.2, 0) is 14.8 Å². The predicted molar refractivity (Wildman–Crippen MR) is 115 cm³/mol. The maximum Gasteiger partial charge on any atom is 0.285 e. The first-order valence-electron chi connectivity index (χ1n) is 10.6. The third kappa shape index (κ3) is 4.25. The Hall–Kier alpha value is -2.15. The lowest BCUT2D eigenvalue weighted by Crippen LogP contribution is -2.37. The van der Waals surface area contributed by atoms with Crippen LogP contribution in [-0.4, -0.2) is 56.1 Å². The lowest BCUT2D eigenvalue weighted by molar-refractivity contribution is -0.132. The molecule has 1 aromatic carbocycles. The van der Waals surface area contributed by atoms with Crippen molar-refractivity contribution in [3.05, 3.63) is 41.5 Å². The van der Waals surface area contributed by atoms with Gasteiger partial charge in [0.2, 0.25) is 5.91 Å². The number of carbonyl (C=O) groups is 1. The molecule has 4 rings (SSSR count). The third-order valence-corrected chi connectivity index (χ3v) is 7.73. The molecule has 1 aromatic rings. The molecule has 156 valence electrons. The highest BCUT2D eigenvalue weighted by Gasteiger charge is 2.34. The van der Waals surface area contributed by atoms with Crippen LogP contribution in [0.2, 0.25) is 0 Å². The van der Waals surface area contributed by atoms with Gasteiger partial charge in [0.05, 0.1) is 0 Å². The molecule has 0 spiro atoms. The maximum atomic E-state index is 12.7. The number of nitrogens with zero attached hydrogens (tertiary/aromatic N) is 3. The Morgan fingerprint density at radius 1 is 1.03 bits per heavy atom. The highest BCUT2D eigenvalue weighted by molar-refractivity contribution is 8.00. The molecule has 1 aliphatic carbocycles. The summed E-state index contributed by atoms with van der Waals surface area (Å²) in [6.45, 7) is 4.51. The summed E-state index contributed by atoms with van der Waals surface area (Å²) < 4.78 is 29.6. The fourth-order valence-corrected chi connectivity index (χ4v) is 6.23. The van der Waals surface area contributed by atoms with Crippen molar-refractivity contribution in [3.8, 4) is 0 Å². The highest BCUT2D eigenvalue weighted by Crippen LogP contribution is 2.34. The maximum absolute atomic E-state index is 12.7. The van der Waals surface area contributed by atoms with Gasteiger partial charge in [0.25, 0.3) is 10.0 Å². The molecular formula is C22H29N3O3S. The Kier molecular flexibility index (Phi) is 5.76. The Labute approximate surface area is 173 Å². The quantitative estimate of drug-likeness (QED) is 0.760. The van der Waals surface area contributed by atoms with Gasteiger partial charge in [0.1, 0.15) is 10.7 Å². The standard InChI is InChI=1S/C22H29N3O3S/c1-17-21(19-10-3-2-4-11-19)29(27,28)23-22(17)25-13-7-12-24(14-15-25)20(26)16-18-8-5-6-9-18/h2-4,10-11,18H,5-9,12-16H2,1H3. The summed E-state index contributed by atoms with van der Waals surface area (Å²) in [5, 5.41) is 0. The largest absolute Gasteiger partial charge is 0.354 e. The lowest BCUT2D eigenvalue weighted by Gasteiger charge is -2.24. The zero-order valence-corrected chi connectivity index (χ0v) is 17.8. The molecule has 0 unspecified atom stereocenters. The van der Waals surface area contributed by atoms with Crippen LogP contribution in [0, 0.1) is 5.92 Å². The van der Waals surface area contributed by atoms with Gasteiger partial charge in [-0.25, -0.2) is 0 Å². The molecule has 6 nitrogen and oxygen atoms in total. The first kappa shape index (κ1) is 20.1. The van der Waals surface area contributed by atoms with Gasteiger partial charge in [-0.15, -0.1) is 4.40 Å². The Bertz CT molecular complexity index is 931. The highest BCUT2D eigenvalue weighted by atomic mass is 32.2. The van der Waals surface area contributed by atoms with E-state index in [0.29, 0.717) is 53.9 Å². The first-order valence-corrected chi connectivity index (χ1v) is 12.0. The van der Waals surface area contributed by atoms with Crippen molar-refractivity contribution in [2.24, 2.45) is 10.3 Å². The number of amidine groups is 1. The average Bonchev–Trinajstić information content (AvgIpc) is 3.19. The molecule has 2 fully saturated rings. The van der Waals surface area contributed by atoms with E-state index in [-0.39, 0.29) is 5.91 Å². The molecule has 1 saturated carbocycles. The minimum Gasteiger partial charge on any atom is -0.354 e. The van der Waals surface area contributed by atoms with Gasteiger partial charge < -0.3 is 9.80 Å². The van der Waals surface area contributed by atoms with Gasteiger partial charge in [-0.05, 0) is 37.7 Å². The summed E-state index contributed by atoms with van der Waals surface area (Å²) in [4.78, 5) is 17.0. The van der Waals surface area contributed by atoms with Crippen molar-refractivity contribution in [1.82, 2.24) is 9.80 Å². The second-order valence-electron chi connectivity index (χ2n) is 8.29. The van der Waals surface area contributed by atoms with Crippen LogP contribution in [0.5, 0.6) is 0 Å². The lowest BCUT2D eigenvalue weighted by atomic mass is 10.0. The van der Waals surface area contributed by atoms with Crippen LogP contribution in [0.1, 0.15) is 51.0 Å². The Morgan fingerprint density at radius 3 is 2.48 bits per heavy atom. The summed E-state index contributed by atoms with van der Waals surface area (Å²) in [6, 6.07) is 9.15. The summed E-state index contributed by atoms with van der Waals surface area (Å²) >= 11 is 0. The smallest absolute Gasteiger partial charge is 0.285 e. The average molecular weight is 416 g/mol. The molecule has 29 heavy (non-hydrogen) atoms. The Balaban J connectivity index is 1.48. The fourth-order valence-electron chi connectivity index (χ4n) is 4.74. The number of hydrogen-bond acceptors (Lipinski definition) is 4.